The van der Waals surface area contributed by atoms with Crippen molar-refractivity contribution in [3.05, 3.63) is 57.3 Å². The lowest BCUT2D eigenvalue weighted by molar-refractivity contribution is 0.445. The van der Waals surface area contributed by atoms with Crippen molar-refractivity contribution in [2.45, 2.75) is 6.42 Å². The van der Waals surface area contributed by atoms with Crippen molar-refractivity contribution in [1.82, 2.24) is 9.97 Å². The van der Waals surface area contributed by atoms with Crippen LogP contribution >= 0.6 is 23.2 Å². The fourth-order valence-corrected chi connectivity index (χ4v) is 1.88. The van der Waals surface area contributed by atoms with Crippen LogP contribution in [0.5, 0.6) is 0 Å². The number of aromatic nitrogens is 2. The summed E-state index contributed by atoms with van der Waals surface area (Å²) in [6, 6.07) is 1.75. The summed E-state index contributed by atoms with van der Waals surface area (Å²) in [6.07, 6.45) is 1.17. The zero-order chi connectivity index (χ0) is 13.3. The van der Waals surface area contributed by atoms with Gasteiger partial charge in [-0.3, -0.25) is 0 Å². The van der Waals surface area contributed by atoms with Gasteiger partial charge in [0.2, 0.25) is 0 Å². The molecule has 1 aromatic carbocycles. The molecule has 2 aromatic rings. The molecule has 94 valence electrons. The Hall–Kier alpha value is -1.33. The molecule has 1 aromatic heterocycles. The van der Waals surface area contributed by atoms with E-state index in [1.54, 1.807) is 0 Å². The van der Waals surface area contributed by atoms with Crippen molar-refractivity contribution in [2.75, 3.05) is 0 Å². The van der Waals surface area contributed by atoms with Crippen LogP contribution in [0.25, 0.3) is 0 Å². The molecular formula is C11H5Cl2F3N2. The van der Waals surface area contributed by atoms with Gasteiger partial charge in [-0.2, -0.15) is 0 Å². The molecule has 0 bridgehead atoms. The largest absolute Gasteiger partial charge is 0.224 e. The summed E-state index contributed by atoms with van der Waals surface area (Å²) in [6.45, 7) is 0. The van der Waals surface area contributed by atoms with Crippen LogP contribution in [0.15, 0.2) is 18.5 Å². The molecule has 2 nitrogen and oxygen atoms in total. The highest BCUT2D eigenvalue weighted by Crippen LogP contribution is 2.24. The summed E-state index contributed by atoms with van der Waals surface area (Å²) in [5, 5.41) is 0.167. The van der Waals surface area contributed by atoms with E-state index in [-0.39, 0.29) is 22.3 Å². The molecule has 18 heavy (non-hydrogen) atoms. The normalized spacial score (nSPS) is 10.7. The Morgan fingerprint density at radius 1 is 0.944 bits per heavy atom. The summed E-state index contributed by atoms with van der Waals surface area (Å²) in [4.78, 5) is 7.41. The van der Waals surface area contributed by atoms with Crippen LogP contribution in [0.2, 0.25) is 10.3 Å². The van der Waals surface area contributed by atoms with Crippen LogP contribution in [0.4, 0.5) is 13.2 Å². The molecule has 0 saturated heterocycles. The minimum atomic E-state index is -1.51. The van der Waals surface area contributed by atoms with Gasteiger partial charge in [0.05, 0.1) is 0 Å². The van der Waals surface area contributed by atoms with Gasteiger partial charge in [-0.1, -0.05) is 23.2 Å². The lowest BCUT2D eigenvalue weighted by Crippen LogP contribution is -1.99. The number of hydrogen-bond donors (Lipinski definition) is 0. The number of rotatable bonds is 2. The third kappa shape index (κ3) is 2.57. The first-order valence-corrected chi connectivity index (χ1v) is 5.53. The fourth-order valence-electron chi connectivity index (χ4n) is 1.43. The van der Waals surface area contributed by atoms with Crippen LogP contribution in [0, 0.1) is 17.5 Å². The van der Waals surface area contributed by atoms with Gasteiger partial charge in [0.1, 0.15) is 16.6 Å². The molecule has 0 fully saturated rings. The molecule has 0 unspecified atom stereocenters. The lowest BCUT2D eigenvalue weighted by Gasteiger charge is -2.06. The zero-order valence-corrected chi connectivity index (χ0v) is 10.2. The number of hydrogen-bond acceptors (Lipinski definition) is 2. The van der Waals surface area contributed by atoms with Crippen molar-refractivity contribution in [1.29, 1.82) is 0 Å². The molecule has 1 heterocycles. The molecule has 0 saturated carbocycles. The van der Waals surface area contributed by atoms with E-state index in [4.69, 9.17) is 23.2 Å². The molecule has 0 atom stereocenters. The van der Waals surface area contributed by atoms with Gasteiger partial charge in [-0.25, -0.2) is 23.1 Å². The maximum absolute atomic E-state index is 13.0. The SMILES string of the molecule is Fc1cc(Cc2c(Cl)ncnc2Cl)cc(F)c1F. The second-order valence-electron chi connectivity index (χ2n) is 3.48. The minimum Gasteiger partial charge on any atom is -0.224 e. The Morgan fingerprint density at radius 3 is 1.94 bits per heavy atom. The molecule has 2 rings (SSSR count). The van der Waals surface area contributed by atoms with E-state index in [2.05, 4.69) is 9.97 Å². The highest BCUT2D eigenvalue weighted by molar-refractivity contribution is 6.34. The predicted octanol–water partition coefficient (Wildman–Crippen LogP) is 3.79. The maximum atomic E-state index is 13.0. The van der Waals surface area contributed by atoms with Gasteiger partial charge < -0.3 is 0 Å². The summed E-state index contributed by atoms with van der Waals surface area (Å²) >= 11 is 11.6. The van der Waals surface area contributed by atoms with E-state index in [1.165, 1.54) is 6.33 Å². The Balaban J connectivity index is 2.41. The van der Waals surface area contributed by atoms with Crippen molar-refractivity contribution < 1.29 is 13.2 Å². The van der Waals surface area contributed by atoms with Crippen molar-refractivity contribution in [3.63, 3.8) is 0 Å². The van der Waals surface area contributed by atoms with Crippen molar-refractivity contribution >= 4 is 23.2 Å². The quantitative estimate of drug-likeness (QED) is 0.622. The summed E-state index contributed by atoms with van der Waals surface area (Å²) in [5.41, 5.74) is 0.510. The smallest absolute Gasteiger partial charge is 0.194 e. The molecule has 0 amide bonds. The molecule has 0 aliphatic carbocycles. The van der Waals surface area contributed by atoms with Crippen LogP contribution in [0.3, 0.4) is 0 Å². The van der Waals surface area contributed by atoms with E-state index >= 15 is 0 Å². The first-order chi connectivity index (χ1) is 8.49. The Morgan fingerprint density at radius 2 is 1.44 bits per heavy atom. The van der Waals surface area contributed by atoms with E-state index in [1.807, 2.05) is 0 Å². The fraction of sp³-hybridized carbons (Fsp3) is 0.0909. The van der Waals surface area contributed by atoms with Crippen LogP contribution < -0.4 is 0 Å². The van der Waals surface area contributed by atoms with Crippen LogP contribution in [0.1, 0.15) is 11.1 Å². The summed E-state index contributed by atoms with van der Waals surface area (Å²) < 4.78 is 38.8. The number of halogens is 5. The second-order valence-corrected chi connectivity index (χ2v) is 4.20. The highest BCUT2D eigenvalue weighted by Gasteiger charge is 2.14. The molecular weight excluding hydrogens is 288 g/mol. The van der Waals surface area contributed by atoms with Crippen molar-refractivity contribution in [2.24, 2.45) is 0 Å². The van der Waals surface area contributed by atoms with E-state index in [0.717, 1.165) is 12.1 Å². The average molecular weight is 293 g/mol. The molecule has 7 heteroatoms. The van der Waals surface area contributed by atoms with Crippen LogP contribution in [-0.2, 0) is 6.42 Å². The Bertz CT molecular complexity index is 562. The van der Waals surface area contributed by atoms with Crippen LogP contribution in [-0.4, -0.2) is 9.97 Å². The van der Waals surface area contributed by atoms with Gasteiger partial charge in [-0.15, -0.1) is 0 Å². The van der Waals surface area contributed by atoms with E-state index < -0.39 is 17.5 Å². The summed E-state index contributed by atoms with van der Waals surface area (Å²) in [7, 11) is 0. The monoisotopic (exact) mass is 292 g/mol. The first kappa shape index (κ1) is 13.1. The molecule has 0 radical (unpaired) electrons. The Labute approximate surface area is 110 Å². The molecule has 0 N–H and O–H groups in total. The molecule has 0 spiro atoms. The lowest BCUT2D eigenvalue weighted by atomic mass is 10.1. The van der Waals surface area contributed by atoms with Gasteiger partial charge >= 0.3 is 0 Å². The minimum absolute atomic E-state index is 0.00657. The summed E-state index contributed by atoms with van der Waals surface area (Å²) in [5.74, 6) is -4.05. The van der Waals surface area contributed by atoms with Gasteiger partial charge in [-0.05, 0) is 17.7 Å². The standard InChI is InChI=1S/C11H5Cl2F3N2/c12-10-6(11(13)18-4-17-10)1-5-2-7(14)9(16)8(15)3-5/h2-4H,1H2. The van der Waals surface area contributed by atoms with E-state index in [9.17, 15) is 13.2 Å². The number of benzene rings is 1. The highest BCUT2D eigenvalue weighted by atomic mass is 35.5. The topological polar surface area (TPSA) is 25.8 Å². The van der Waals surface area contributed by atoms with Crippen molar-refractivity contribution in [3.8, 4) is 0 Å². The Kier molecular flexibility index (Phi) is 3.73. The van der Waals surface area contributed by atoms with Gasteiger partial charge in [0.25, 0.3) is 0 Å². The van der Waals surface area contributed by atoms with Gasteiger partial charge in [0.15, 0.2) is 17.5 Å². The number of nitrogens with zero attached hydrogens (tertiary/aromatic N) is 2. The first-order valence-electron chi connectivity index (χ1n) is 4.77. The third-order valence-corrected chi connectivity index (χ3v) is 2.92. The predicted molar refractivity (Wildman–Crippen MR) is 61.2 cm³/mol. The molecule has 0 aliphatic heterocycles. The van der Waals surface area contributed by atoms with E-state index in [0.29, 0.717) is 5.56 Å². The third-order valence-electron chi connectivity index (χ3n) is 2.26. The molecule has 0 aliphatic rings. The van der Waals surface area contributed by atoms with Gasteiger partial charge in [0, 0.05) is 12.0 Å². The second kappa shape index (κ2) is 5.12. The average Bonchev–Trinajstić information content (AvgIpc) is 2.31. The maximum Gasteiger partial charge on any atom is 0.194 e. The zero-order valence-electron chi connectivity index (χ0n) is 8.72.